The third-order valence-electron chi connectivity index (χ3n) is 2.31. The number of rotatable bonds is 5. The molecule has 3 nitrogen and oxygen atoms in total. The Bertz CT molecular complexity index is 276. The molecule has 78 valence electrons. The number of aliphatic hydroxyl groups is 1. The van der Waals surface area contributed by atoms with Crippen molar-refractivity contribution in [1.29, 1.82) is 0 Å². The van der Waals surface area contributed by atoms with Gasteiger partial charge in [0.05, 0.1) is 0 Å². The van der Waals surface area contributed by atoms with Crippen molar-refractivity contribution in [3.8, 4) is 0 Å². The predicted molar refractivity (Wildman–Crippen MR) is 57.8 cm³/mol. The summed E-state index contributed by atoms with van der Waals surface area (Å²) in [6.45, 7) is 0.751. The fourth-order valence-electron chi connectivity index (χ4n) is 1.57. The summed E-state index contributed by atoms with van der Waals surface area (Å²) in [7, 11) is 0. The summed E-state index contributed by atoms with van der Waals surface area (Å²) < 4.78 is 0. The third-order valence-corrected chi connectivity index (χ3v) is 2.31. The van der Waals surface area contributed by atoms with Crippen LogP contribution in [0.15, 0.2) is 24.3 Å². The molecule has 0 aliphatic heterocycles. The van der Waals surface area contributed by atoms with Gasteiger partial charge in [0.2, 0.25) is 0 Å². The van der Waals surface area contributed by atoms with E-state index >= 15 is 0 Å². The van der Waals surface area contributed by atoms with Crippen LogP contribution >= 0.6 is 0 Å². The molecule has 0 bridgehead atoms. The van der Waals surface area contributed by atoms with Gasteiger partial charge in [-0.25, -0.2) is 0 Å². The first-order chi connectivity index (χ1) is 6.79. The number of benzene rings is 1. The van der Waals surface area contributed by atoms with E-state index in [-0.39, 0.29) is 12.6 Å². The molecule has 0 aromatic heterocycles. The Morgan fingerprint density at radius 2 is 2.00 bits per heavy atom. The predicted octanol–water partition coefficient (Wildman–Crippen LogP) is 0.570. The van der Waals surface area contributed by atoms with Crippen molar-refractivity contribution < 1.29 is 5.11 Å². The van der Waals surface area contributed by atoms with E-state index in [1.54, 1.807) is 0 Å². The highest BCUT2D eigenvalue weighted by molar-refractivity contribution is 5.30. The molecular weight excluding hydrogens is 176 g/mol. The van der Waals surface area contributed by atoms with Gasteiger partial charge in [0.25, 0.3) is 0 Å². The molecule has 0 radical (unpaired) electrons. The van der Waals surface area contributed by atoms with Crippen molar-refractivity contribution in [2.75, 3.05) is 13.2 Å². The lowest BCUT2D eigenvalue weighted by Gasteiger charge is -2.14. The third kappa shape index (κ3) is 2.80. The fourth-order valence-corrected chi connectivity index (χ4v) is 1.57. The summed E-state index contributed by atoms with van der Waals surface area (Å²) in [5.74, 6) is 0. The maximum Gasteiger partial charge on any atom is 0.0449 e. The van der Waals surface area contributed by atoms with Gasteiger partial charge in [-0.1, -0.05) is 24.3 Å². The number of nitrogens with two attached hydrogens (primary N) is 2. The van der Waals surface area contributed by atoms with Crippen molar-refractivity contribution in [3.63, 3.8) is 0 Å². The largest absolute Gasteiger partial charge is 0.396 e. The molecule has 0 fully saturated rings. The highest BCUT2D eigenvalue weighted by atomic mass is 16.3. The van der Waals surface area contributed by atoms with Gasteiger partial charge in [0.15, 0.2) is 0 Å². The van der Waals surface area contributed by atoms with Crippen molar-refractivity contribution in [1.82, 2.24) is 0 Å². The first kappa shape index (κ1) is 11.2. The zero-order chi connectivity index (χ0) is 10.4. The van der Waals surface area contributed by atoms with Crippen molar-refractivity contribution in [2.24, 2.45) is 11.5 Å². The molecule has 1 atom stereocenters. The van der Waals surface area contributed by atoms with Gasteiger partial charge in [0, 0.05) is 12.6 Å². The molecule has 1 aromatic rings. The Labute approximate surface area is 84.7 Å². The van der Waals surface area contributed by atoms with Crippen LogP contribution in [0.3, 0.4) is 0 Å². The topological polar surface area (TPSA) is 72.3 Å². The minimum Gasteiger partial charge on any atom is -0.396 e. The lowest BCUT2D eigenvalue weighted by molar-refractivity contribution is 0.276. The Morgan fingerprint density at radius 3 is 2.64 bits per heavy atom. The lowest BCUT2D eigenvalue weighted by atomic mass is 9.97. The summed E-state index contributed by atoms with van der Waals surface area (Å²) in [6.07, 6.45) is 1.44. The van der Waals surface area contributed by atoms with Crippen molar-refractivity contribution in [3.05, 3.63) is 35.4 Å². The van der Waals surface area contributed by atoms with E-state index < -0.39 is 0 Å². The molecule has 0 aliphatic rings. The summed E-state index contributed by atoms with van der Waals surface area (Å²) in [6, 6.07) is 7.92. The van der Waals surface area contributed by atoms with Crippen LogP contribution in [0.5, 0.6) is 0 Å². The molecule has 14 heavy (non-hydrogen) atoms. The van der Waals surface area contributed by atoms with E-state index in [1.165, 1.54) is 5.56 Å². The maximum absolute atomic E-state index is 8.81. The molecule has 0 spiro atoms. The Morgan fingerprint density at radius 1 is 1.29 bits per heavy atom. The molecule has 0 saturated carbocycles. The van der Waals surface area contributed by atoms with E-state index in [0.29, 0.717) is 13.0 Å². The van der Waals surface area contributed by atoms with Gasteiger partial charge in [-0.05, 0) is 30.5 Å². The Balaban J connectivity index is 2.82. The minimum atomic E-state index is -0.0808. The van der Waals surface area contributed by atoms with E-state index in [2.05, 4.69) is 0 Å². The lowest BCUT2D eigenvalue weighted by Crippen LogP contribution is -2.15. The summed E-state index contributed by atoms with van der Waals surface area (Å²) >= 11 is 0. The second-order valence-electron chi connectivity index (χ2n) is 3.36. The molecule has 1 aromatic carbocycles. The van der Waals surface area contributed by atoms with E-state index in [4.69, 9.17) is 16.6 Å². The summed E-state index contributed by atoms with van der Waals surface area (Å²) in [4.78, 5) is 0. The van der Waals surface area contributed by atoms with Gasteiger partial charge in [0.1, 0.15) is 0 Å². The quantitative estimate of drug-likeness (QED) is 0.641. The van der Waals surface area contributed by atoms with Crippen LogP contribution in [0.1, 0.15) is 23.6 Å². The van der Waals surface area contributed by atoms with Crippen LogP contribution in [0.2, 0.25) is 0 Å². The van der Waals surface area contributed by atoms with Gasteiger partial charge in [-0.15, -0.1) is 0 Å². The monoisotopic (exact) mass is 194 g/mol. The van der Waals surface area contributed by atoms with E-state index in [0.717, 1.165) is 12.0 Å². The second-order valence-corrected chi connectivity index (χ2v) is 3.36. The van der Waals surface area contributed by atoms with Gasteiger partial charge in [-0.2, -0.15) is 0 Å². The molecule has 0 saturated heterocycles. The first-order valence-electron chi connectivity index (χ1n) is 4.94. The molecule has 1 rings (SSSR count). The molecule has 0 amide bonds. The molecule has 5 N–H and O–H groups in total. The SMILES string of the molecule is NCCc1ccccc1C(N)CCO. The number of hydrogen-bond donors (Lipinski definition) is 3. The minimum absolute atomic E-state index is 0.0808. The molecule has 0 heterocycles. The van der Waals surface area contributed by atoms with Crippen LogP contribution in [-0.4, -0.2) is 18.3 Å². The van der Waals surface area contributed by atoms with Crippen LogP contribution < -0.4 is 11.5 Å². The summed E-state index contributed by atoms with van der Waals surface area (Å²) in [5, 5.41) is 8.81. The standard InChI is InChI=1S/C11H18N2O/c12-7-5-9-3-1-2-4-10(9)11(13)6-8-14/h1-4,11,14H,5-8,12-13H2. The molecule has 0 aliphatic carbocycles. The van der Waals surface area contributed by atoms with Crippen molar-refractivity contribution >= 4 is 0 Å². The van der Waals surface area contributed by atoms with Gasteiger partial charge >= 0.3 is 0 Å². The first-order valence-corrected chi connectivity index (χ1v) is 4.94. The second kappa shape index (κ2) is 5.75. The van der Waals surface area contributed by atoms with Crippen LogP contribution in [0.25, 0.3) is 0 Å². The van der Waals surface area contributed by atoms with E-state index in [1.807, 2.05) is 24.3 Å². The van der Waals surface area contributed by atoms with E-state index in [9.17, 15) is 0 Å². The smallest absolute Gasteiger partial charge is 0.0449 e. The average Bonchev–Trinajstić information content (AvgIpc) is 2.19. The highest BCUT2D eigenvalue weighted by Gasteiger charge is 2.08. The highest BCUT2D eigenvalue weighted by Crippen LogP contribution is 2.18. The van der Waals surface area contributed by atoms with Gasteiger partial charge < -0.3 is 16.6 Å². The maximum atomic E-state index is 8.81. The number of aliphatic hydroxyl groups excluding tert-OH is 1. The molecule has 1 unspecified atom stereocenters. The fraction of sp³-hybridized carbons (Fsp3) is 0.455. The van der Waals surface area contributed by atoms with Crippen LogP contribution in [0, 0.1) is 0 Å². The summed E-state index contributed by atoms with van der Waals surface area (Å²) in [5.41, 5.74) is 13.7. The normalized spacial score (nSPS) is 12.8. The Hall–Kier alpha value is -0.900. The molecular formula is C11H18N2O. The van der Waals surface area contributed by atoms with Crippen LogP contribution in [0.4, 0.5) is 0 Å². The Kier molecular flexibility index (Phi) is 4.59. The van der Waals surface area contributed by atoms with Gasteiger partial charge in [-0.3, -0.25) is 0 Å². The average molecular weight is 194 g/mol. The molecule has 3 heteroatoms. The van der Waals surface area contributed by atoms with Crippen molar-refractivity contribution in [2.45, 2.75) is 18.9 Å². The zero-order valence-electron chi connectivity index (χ0n) is 8.32. The number of hydrogen-bond acceptors (Lipinski definition) is 3. The zero-order valence-corrected chi connectivity index (χ0v) is 8.32. The van der Waals surface area contributed by atoms with Crippen LogP contribution in [-0.2, 0) is 6.42 Å².